The molecule has 0 aliphatic rings. The molecule has 5 rings (SSSR count). The van der Waals surface area contributed by atoms with Crippen LogP contribution >= 0.6 is 0 Å². The van der Waals surface area contributed by atoms with E-state index in [9.17, 15) is 22.8 Å². The number of nitrogens with one attached hydrogen (secondary N) is 1. The molecule has 0 saturated carbocycles. The standard InChI is InChI=1S/C27H18F4N6O2/c28-21-13-20(27(29,30)31)18(24-33-8-4-9-34-24)12-19(21)26(39)36-23-17(15-5-2-1-3-6-15)7-10-37-16(11-22(32)38)14-35-25(23)37/h1-10,12-14H,11H2,(H2,32,38)(H,36,39). The highest BCUT2D eigenvalue weighted by molar-refractivity contribution is 6.09. The molecule has 39 heavy (non-hydrogen) atoms. The molecule has 3 heterocycles. The number of pyridine rings is 1. The fourth-order valence-corrected chi connectivity index (χ4v) is 4.18. The number of benzene rings is 2. The van der Waals surface area contributed by atoms with Crippen molar-refractivity contribution >= 4 is 23.1 Å². The van der Waals surface area contributed by atoms with E-state index in [1.54, 1.807) is 47.0 Å². The highest BCUT2D eigenvalue weighted by Gasteiger charge is 2.36. The van der Waals surface area contributed by atoms with Crippen molar-refractivity contribution in [3.63, 3.8) is 0 Å². The van der Waals surface area contributed by atoms with Crippen molar-refractivity contribution in [3.05, 3.63) is 102 Å². The number of hydrogen-bond acceptors (Lipinski definition) is 5. The Morgan fingerprint density at radius 1 is 0.949 bits per heavy atom. The first kappa shape index (κ1) is 25.5. The summed E-state index contributed by atoms with van der Waals surface area (Å²) in [6, 6.07) is 13.0. The van der Waals surface area contributed by atoms with Crippen molar-refractivity contribution in [2.45, 2.75) is 12.6 Å². The fraction of sp³-hybridized carbons (Fsp3) is 0.0741. The first-order valence-corrected chi connectivity index (χ1v) is 11.5. The maximum Gasteiger partial charge on any atom is 0.417 e. The van der Waals surface area contributed by atoms with Gasteiger partial charge in [-0.3, -0.25) is 9.59 Å². The number of imidazole rings is 1. The molecule has 0 fully saturated rings. The molecular formula is C27H18F4N6O2. The topological polar surface area (TPSA) is 115 Å². The van der Waals surface area contributed by atoms with Gasteiger partial charge in [0.1, 0.15) is 5.82 Å². The zero-order valence-corrected chi connectivity index (χ0v) is 19.9. The molecule has 3 aromatic heterocycles. The third-order valence-electron chi connectivity index (χ3n) is 5.90. The Labute approximate surface area is 218 Å². The highest BCUT2D eigenvalue weighted by atomic mass is 19.4. The number of halogens is 4. The van der Waals surface area contributed by atoms with Gasteiger partial charge in [-0.05, 0) is 29.8 Å². The predicted octanol–water partition coefficient (Wildman–Crippen LogP) is 4.90. The van der Waals surface area contributed by atoms with Gasteiger partial charge in [-0.2, -0.15) is 13.2 Å². The quantitative estimate of drug-likeness (QED) is 0.301. The SMILES string of the molecule is NC(=O)Cc1cnc2c(NC(=O)c3cc(-c4ncccn4)c(C(F)(F)F)cc3F)c(-c3ccccc3)ccn12. The van der Waals surface area contributed by atoms with Gasteiger partial charge < -0.3 is 15.5 Å². The third kappa shape index (κ3) is 5.04. The Bertz CT molecular complexity index is 1700. The van der Waals surface area contributed by atoms with E-state index in [-0.39, 0.29) is 29.6 Å². The minimum absolute atomic E-state index is 0.132. The van der Waals surface area contributed by atoms with Crippen LogP contribution < -0.4 is 11.1 Å². The molecule has 196 valence electrons. The molecule has 0 bridgehead atoms. The number of nitrogens with zero attached hydrogens (tertiary/aromatic N) is 4. The number of carbonyl (C=O) groups is 2. The van der Waals surface area contributed by atoms with Crippen molar-refractivity contribution in [2.24, 2.45) is 5.73 Å². The molecule has 0 unspecified atom stereocenters. The normalized spacial score (nSPS) is 11.5. The summed E-state index contributed by atoms with van der Waals surface area (Å²) in [5.41, 5.74) is 4.80. The van der Waals surface area contributed by atoms with Crippen LogP contribution in [0.5, 0.6) is 0 Å². The summed E-state index contributed by atoms with van der Waals surface area (Å²) in [4.78, 5) is 36.9. The van der Waals surface area contributed by atoms with E-state index >= 15 is 4.39 Å². The summed E-state index contributed by atoms with van der Waals surface area (Å²) in [6.45, 7) is 0. The van der Waals surface area contributed by atoms with Crippen molar-refractivity contribution in [3.8, 4) is 22.5 Å². The number of primary amides is 1. The minimum atomic E-state index is -4.93. The molecule has 0 aliphatic heterocycles. The molecule has 0 radical (unpaired) electrons. The van der Waals surface area contributed by atoms with E-state index in [4.69, 9.17) is 5.73 Å². The molecular weight excluding hydrogens is 516 g/mol. The number of carbonyl (C=O) groups excluding carboxylic acids is 2. The largest absolute Gasteiger partial charge is 0.417 e. The second-order valence-electron chi connectivity index (χ2n) is 8.46. The van der Waals surface area contributed by atoms with Gasteiger partial charge in [-0.15, -0.1) is 0 Å². The summed E-state index contributed by atoms with van der Waals surface area (Å²) in [5, 5.41) is 2.61. The van der Waals surface area contributed by atoms with Crippen LogP contribution in [-0.4, -0.2) is 31.2 Å². The molecule has 2 aromatic carbocycles. The van der Waals surface area contributed by atoms with Gasteiger partial charge in [-0.25, -0.2) is 19.3 Å². The van der Waals surface area contributed by atoms with Crippen LogP contribution in [0.3, 0.4) is 0 Å². The van der Waals surface area contributed by atoms with Gasteiger partial charge in [0.2, 0.25) is 5.91 Å². The van der Waals surface area contributed by atoms with Crippen LogP contribution in [0.1, 0.15) is 21.6 Å². The molecule has 0 saturated heterocycles. The zero-order valence-electron chi connectivity index (χ0n) is 19.9. The molecule has 0 spiro atoms. The van der Waals surface area contributed by atoms with E-state index in [1.165, 1.54) is 24.7 Å². The molecule has 8 nitrogen and oxygen atoms in total. The molecule has 12 heteroatoms. The monoisotopic (exact) mass is 534 g/mol. The molecule has 3 N–H and O–H groups in total. The van der Waals surface area contributed by atoms with Gasteiger partial charge in [0.05, 0.1) is 28.9 Å². The smallest absolute Gasteiger partial charge is 0.369 e. The molecule has 0 atom stereocenters. The lowest BCUT2D eigenvalue weighted by Crippen LogP contribution is -2.18. The number of aromatic nitrogens is 4. The van der Waals surface area contributed by atoms with Crippen molar-refractivity contribution in [2.75, 3.05) is 5.32 Å². The average molecular weight is 534 g/mol. The lowest BCUT2D eigenvalue weighted by molar-refractivity contribution is -0.137. The minimum Gasteiger partial charge on any atom is -0.369 e. The predicted molar refractivity (Wildman–Crippen MR) is 134 cm³/mol. The molecule has 5 aromatic rings. The lowest BCUT2D eigenvalue weighted by atomic mass is 10.0. The second-order valence-corrected chi connectivity index (χ2v) is 8.46. The van der Waals surface area contributed by atoms with Crippen LogP contribution in [0.4, 0.5) is 23.2 Å². The highest BCUT2D eigenvalue weighted by Crippen LogP contribution is 2.38. The van der Waals surface area contributed by atoms with E-state index < -0.39 is 40.5 Å². The maximum absolute atomic E-state index is 15.0. The lowest BCUT2D eigenvalue weighted by Gasteiger charge is -2.16. The van der Waals surface area contributed by atoms with Crippen LogP contribution in [0.2, 0.25) is 0 Å². The Hall–Kier alpha value is -5.13. The van der Waals surface area contributed by atoms with E-state index in [0.29, 0.717) is 16.8 Å². The van der Waals surface area contributed by atoms with Crippen LogP contribution in [0, 0.1) is 5.82 Å². The van der Waals surface area contributed by atoms with E-state index in [0.717, 1.165) is 6.07 Å². The van der Waals surface area contributed by atoms with Crippen molar-refractivity contribution in [1.82, 2.24) is 19.4 Å². The fourth-order valence-electron chi connectivity index (χ4n) is 4.18. The van der Waals surface area contributed by atoms with E-state index in [2.05, 4.69) is 20.3 Å². The number of alkyl halides is 3. The van der Waals surface area contributed by atoms with Gasteiger partial charge in [0, 0.05) is 35.9 Å². The Morgan fingerprint density at radius 2 is 1.67 bits per heavy atom. The Balaban J connectivity index is 1.65. The van der Waals surface area contributed by atoms with Crippen molar-refractivity contribution < 1.29 is 27.2 Å². The third-order valence-corrected chi connectivity index (χ3v) is 5.90. The molecule has 2 amide bonds. The summed E-state index contributed by atoms with van der Waals surface area (Å²) in [7, 11) is 0. The summed E-state index contributed by atoms with van der Waals surface area (Å²) in [5.74, 6) is -3.33. The van der Waals surface area contributed by atoms with Crippen LogP contribution in [0.25, 0.3) is 28.2 Å². The van der Waals surface area contributed by atoms with Gasteiger partial charge in [0.25, 0.3) is 5.91 Å². The summed E-state index contributed by atoms with van der Waals surface area (Å²) >= 11 is 0. The van der Waals surface area contributed by atoms with Gasteiger partial charge >= 0.3 is 6.18 Å². The van der Waals surface area contributed by atoms with Gasteiger partial charge in [-0.1, -0.05) is 30.3 Å². The Kier molecular flexibility index (Phi) is 6.52. The number of hydrogen-bond donors (Lipinski definition) is 2. The Morgan fingerprint density at radius 3 is 2.33 bits per heavy atom. The van der Waals surface area contributed by atoms with Crippen LogP contribution in [0.15, 0.2) is 79.4 Å². The van der Waals surface area contributed by atoms with E-state index in [1.807, 2.05) is 0 Å². The van der Waals surface area contributed by atoms with Gasteiger partial charge in [0.15, 0.2) is 11.5 Å². The second kappa shape index (κ2) is 9.97. The molecule has 0 aliphatic carbocycles. The maximum atomic E-state index is 15.0. The summed E-state index contributed by atoms with van der Waals surface area (Å²) < 4.78 is 57.8. The van der Waals surface area contributed by atoms with Crippen molar-refractivity contribution in [1.29, 1.82) is 0 Å². The number of anilines is 1. The summed E-state index contributed by atoms with van der Waals surface area (Å²) in [6.07, 6.45) is 0.466. The number of amides is 2. The zero-order chi connectivity index (χ0) is 27.7. The number of fused-ring (bicyclic) bond motifs is 1. The number of rotatable bonds is 6. The first-order chi connectivity index (χ1) is 18.6. The van der Waals surface area contributed by atoms with Crippen LogP contribution in [-0.2, 0) is 17.4 Å². The first-order valence-electron chi connectivity index (χ1n) is 11.5. The number of nitrogens with two attached hydrogens (primary N) is 1. The average Bonchev–Trinajstić information content (AvgIpc) is 3.31.